The van der Waals surface area contributed by atoms with Gasteiger partial charge in [0.1, 0.15) is 9.96 Å². The molecule has 1 amide bonds. The molecule has 1 aliphatic rings. The van der Waals surface area contributed by atoms with E-state index in [1.54, 1.807) is 12.1 Å². The van der Waals surface area contributed by atoms with Crippen LogP contribution >= 0.6 is 11.3 Å². The number of carbonyl (C=O) groups excluding carboxylic acids is 1. The Morgan fingerprint density at radius 3 is 2.68 bits per heavy atom. The summed E-state index contributed by atoms with van der Waals surface area (Å²) in [6.45, 7) is -2.51. The fourth-order valence-corrected chi connectivity index (χ4v) is 4.65. The van der Waals surface area contributed by atoms with Crippen LogP contribution in [-0.4, -0.2) is 33.7 Å². The van der Waals surface area contributed by atoms with Crippen molar-refractivity contribution in [2.45, 2.75) is 23.7 Å². The van der Waals surface area contributed by atoms with Crippen molar-refractivity contribution in [3.05, 3.63) is 40.8 Å². The lowest BCUT2D eigenvalue weighted by atomic mass is 10.0. The van der Waals surface area contributed by atoms with Crippen LogP contribution < -0.4 is 9.64 Å². The number of benzene rings is 1. The Balaban J connectivity index is 1.95. The van der Waals surface area contributed by atoms with E-state index in [9.17, 15) is 22.0 Å². The number of nitrogens with zero attached hydrogens (tertiary/aromatic N) is 1. The second-order valence-corrected chi connectivity index (χ2v) is 8.91. The Morgan fingerprint density at radius 1 is 1.28 bits per heavy atom. The summed E-state index contributed by atoms with van der Waals surface area (Å²) in [5, 5.41) is 0. The van der Waals surface area contributed by atoms with Gasteiger partial charge in [-0.1, -0.05) is 6.07 Å². The number of fused-ring (bicyclic) bond motifs is 1. The summed E-state index contributed by atoms with van der Waals surface area (Å²) in [7, 11) is -3.38. The average Bonchev–Trinajstić information content (AvgIpc) is 3.04. The fourth-order valence-electron chi connectivity index (χ4n) is 2.78. The lowest BCUT2D eigenvalue weighted by Crippen LogP contribution is -2.35. The number of sulfone groups is 1. The van der Waals surface area contributed by atoms with E-state index in [0.717, 1.165) is 17.6 Å². The van der Waals surface area contributed by atoms with Crippen molar-refractivity contribution in [1.29, 1.82) is 0 Å². The summed E-state index contributed by atoms with van der Waals surface area (Å²) in [6, 6.07) is 7.55. The van der Waals surface area contributed by atoms with Gasteiger partial charge in [0.2, 0.25) is 0 Å². The number of alkyl halides is 2. The molecule has 0 N–H and O–H groups in total. The van der Waals surface area contributed by atoms with Gasteiger partial charge in [-0.05, 0) is 37.1 Å². The highest BCUT2D eigenvalue weighted by Crippen LogP contribution is 2.36. The minimum Gasteiger partial charge on any atom is -0.434 e. The van der Waals surface area contributed by atoms with Crippen molar-refractivity contribution in [1.82, 2.24) is 0 Å². The molecule has 9 heteroatoms. The molecular weight excluding hydrogens is 372 g/mol. The first kappa shape index (κ1) is 17.8. The quantitative estimate of drug-likeness (QED) is 0.807. The van der Waals surface area contributed by atoms with Gasteiger partial charge < -0.3 is 9.64 Å². The number of halogens is 2. The van der Waals surface area contributed by atoms with Crippen molar-refractivity contribution >= 4 is 32.8 Å². The topological polar surface area (TPSA) is 63.7 Å². The van der Waals surface area contributed by atoms with Crippen molar-refractivity contribution in [3.8, 4) is 5.75 Å². The third-order valence-electron chi connectivity index (χ3n) is 3.83. The number of amides is 1. The first-order valence-electron chi connectivity index (χ1n) is 7.46. The van der Waals surface area contributed by atoms with Crippen LogP contribution in [0.2, 0.25) is 0 Å². The van der Waals surface area contributed by atoms with E-state index in [0.29, 0.717) is 30.6 Å². The van der Waals surface area contributed by atoms with Gasteiger partial charge in [0, 0.05) is 18.4 Å². The predicted molar refractivity (Wildman–Crippen MR) is 90.5 cm³/mol. The molecule has 2 aromatic rings. The van der Waals surface area contributed by atoms with Crippen molar-refractivity contribution in [2.75, 3.05) is 17.7 Å². The van der Waals surface area contributed by atoms with Gasteiger partial charge in [0.15, 0.2) is 9.84 Å². The number of anilines is 1. The Morgan fingerprint density at radius 2 is 2.04 bits per heavy atom. The summed E-state index contributed by atoms with van der Waals surface area (Å²) in [4.78, 5) is 14.6. The minimum atomic E-state index is -3.38. The maximum atomic E-state index is 12.8. The largest absolute Gasteiger partial charge is 0.434 e. The molecule has 0 aliphatic carbocycles. The van der Waals surface area contributed by atoms with Gasteiger partial charge in [0.05, 0.1) is 10.6 Å². The number of hydrogen-bond acceptors (Lipinski definition) is 5. The zero-order valence-electron chi connectivity index (χ0n) is 13.2. The standard InChI is InChI=1S/C16H15F2NO4S2/c1-25(21,22)14-8-7-13(24-14)15(20)19-9-3-4-10-11(19)5-2-6-12(10)23-16(17)18/h2,5-8,16H,3-4,9H2,1H3. The van der Waals surface area contributed by atoms with Crippen LogP contribution in [0.4, 0.5) is 14.5 Å². The molecule has 1 aromatic carbocycles. The number of ether oxygens (including phenoxy) is 1. The fraction of sp³-hybridized carbons (Fsp3) is 0.312. The van der Waals surface area contributed by atoms with E-state index >= 15 is 0 Å². The van der Waals surface area contributed by atoms with Crippen LogP contribution in [0.15, 0.2) is 34.5 Å². The number of rotatable bonds is 4. The average molecular weight is 387 g/mol. The molecule has 1 aliphatic heterocycles. The highest BCUT2D eigenvalue weighted by molar-refractivity contribution is 7.92. The highest BCUT2D eigenvalue weighted by atomic mass is 32.2. The van der Waals surface area contributed by atoms with Crippen molar-refractivity contribution < 1.29 is 26.7 Å². The molecular formula is C16H15F2NO4S2. The number of thiophene rings is 1. The molecule has 25 heavy (non-hydrogen) atoms. The van der Waals surface area contributed by atoms with E-state index in [2.05, 4.69) is 4.74 Å². The normalized spacial score (nSPS) is 14.5. The van der Waals surface area contributed by atoms with Gasteiger partial charge in [-0.15, -0.1) is 11.3 Å². The van der Waals surface area contributed by atoms with Crippen LogP contribution in [-0.2, 0) is 16.3 Å². The monoisotopic (exact) mass is 387 g/mol. The summed E-state index contributed by atoms with van der Waals surface area (Å²) in [6.07, 6.45) is 2.21. The second-order valence-electron chi connectivity index (χ2n) is 5.58. The van der Waals surface area contributed by atoms with Crippen LogP contribution in [0.3, 0.4) is 0 Å². The number of hydrogen-bond donors (Lipinski definition) is 0. The molecule has 2 heterocycles. The van der Waals surface area contributed by atoms with Gasteiger partial charge >= 0.3 is 6.61 Å². The van der Waals surface area contributed by atoms with Crippen molar-refractivity contribution in [2.24, 2.45) is 0 Å². The third-order valence-corrected chi connectivity index (χ3v) is 6.72. The first-order valence-corrected chi connectivity index (χ1v) is 10.2. The molecule has 0 radical (unpaired) electrons. The van der Waals surface area contributed by atoms with E-state index in [-0.39, 0.29) is 20.7 Å². The summed E-state index contributed by atoms with van der Waals surface area (Å²) in [5.74, 6) is -0.289. The van der Waals surface area contributed by atoms with E-state index in [4.69, 9.17) is 0 Å². The maximum Gasteiger partial charge on any atom is 0.387 e. The zero-order valence-corrected chi connectivity index (χ0v) is 14.9. The second kappa shape index (κ2) is 6.72. The molecule has 5 nitrogen and oxygen atoms in total. The van der Waals surface area contributed by atoms with Crippen LogP contribution in [0.25, 0.3) is 0 Å². The van der Waals surface area contributed by atoms with Gasteiger partial charge in [-0.25, -0.2) is 8.42 Å². The van der Waals surface area contributed by atoms with E-state index in [1.165, 1.54) is 23.1 Å². The Hall–Kier alpha value is -2.00. The molecule has 134 valence electrons. The summed E-state index contributed by atoms with van der Waals surface area (Å²) >= 11 is 0.901. The third kappa shape index (κ3) is 3.67. The van der Waals surface area contributed by atoms with Crippen LogP contribution in [0.5, 0.6) is 5.75 Å². The first-order chi connectivity index (χ1) is 11.8. The highest BCUT2D eigenvalue weighted by Gasteiger charge is 2.28. The van der Waals surface area contributed by atoms with Crippen LogP contribution in [0, 0.1) is 0 Å². The molecule has 0 spiro atoms. The Bertz CT molecular complexity index is 909. The minimum absolute atomic E-state index is 0.0630. The van der Waals surface area contributed by atoms with Crippen molar-refractivity contribution in [3.63, 3.8) is 0 Å². The van der Waals surface area contributed by atoms with E-state index < -0.39 is 16.4 Å². The Kier molecular flexibility index (Phi) is 4.79. The lowest BCUT2D eigenvalue weighted by Gasteiger charge is -2.30. The summed E-state index contributed by atoms with van der Waals surface area (Å²) < 4.78 is 53.0. The smallest absolute Gasteiger partial charge is 0.387 e. The van der Waals surface area contributed by atoms with Gasteiger partial charge in [0.25, 0.3) is 5.91 Å². The lowest BCUT2D eigenvalue weighted by molar-refractivity contribution is -0.0504. The molecule has 0 unspecified atom stereocenters. The van der Waals surface area contributed by atoms with Gasteiger partial charge in [-0.3, -0.25) is 4.79 Å². The van der Waals surface area contributed by atoms with E-state index in [1.807, 2.05) is 0 Å². The zero-order chi connectivity index (χ0) is 18.2. The predicted octanol–water partition coefficient (Wildman–Crippen LogP) is 3.35. The Labute approximate surface area is 147 Å². The number of carbonyl (C=O) groups is 1. The van der Waals surface area contributed by atoms with Gasteiger partial charge in [-0.2, -0.15) is 8.78 Å². The summed E-state index contributed by atoms with van der Waals surface area (Å²) in [5.41, 5.74) is 1.07. The molecule has 3 rings (SSSR count). The molecule has 0 fully saturated rings. The molecule has 0 saturated carbocycles. The molecule has 0 saturated heterocycles. The SMILES string of the molecule is CS(=O)(=O)c1ccc(C(=O)N2CCCc3c(OC(F)F)cccc32)s1. The molecule has 0 bridgehead atoms. The molecule has 0 atom stereocenters. The molecule has 1 aromatic heterocycles. The van der Waals surface area contributed by atoms with Crippen LogP contribution in [0.1, 0.15) is 21.7 Å². The maximum absolute atomic E-state index is 12.8.